The molecule has 0 aromatic carbocycles. The third kappa shape index (κ3) is 3.03. The van der Waals surface area contributed by atoms with Crippen molar-refractivity contribution in [3.63, 3.8) is 0 Å². The lowest BCUT2D eigenvalue weighted by molar-refractivity contribution is -0.137. The van der Waals surface area contributed by atoms with Gasteiger partial charge in [0.25, 0.3) is 0 Å². The molecule has 1 aliphatic rings. The molecule has 0 aliphatic heterocycles. The largest absolute Gasteiger partial charge is 0.417 e. The van der Waals surface area contributed by atoms with E-state index in [2.05, 4.69) is 10.3 Å². The highest BCUT2D eigenvalue weighted by Crippen LogP contribution is 2.33. The van der Waals surface area contributed by atoms with E-state index in [9.17, 15) is 13.2 Å². The van der Waals surface area contributed by atoms with Gasteiger partial charge < -0.3 is 5.32 Å². The van der Waals surface area contributed by atoms with Gasteiger partial charge in [0.2, 0.25) is 0 Å². The lowest BCUT2D eigenvalue weighted by atomic mass is 10.2. The molecule has 1 N–H and O–H groups in total. The molecule has 0 spiro atoms. The molecule has 94 valence electrons. The van der Waals surface area contributed by atoms with Crippen molar-refractivity contribution in [2.75, 3.05) is 5.32 Å². The average Bonchev–Trinajstić information content (AvgIpc) is 2.72. The number of halogens is 4. The predicted octanol–water partition coefficient (Wildman–Crippen LogP) is 4.11. The number of hydrogen-bond donors (Lipinski definition) is 1. The molecule has 6 heteroatoms. The summed E-state index contributed by atoms with van der Waals surface area (Å²) in [5, 5.41) is 3.10. The molecule has 0 atom stereocenters. The summed E-state index contributed by atoms with van der Waals surface area (Å²) in [7, 11) is 0. The summed E-state index contributed by atoms with van der Waals surface area (Å²) in [6.45, 7) is 0. The third-order valence-corrected chi connectivity index (χ3v) is 3.15. The molecule has 0 saturated heterocycles. The van der Waals surface area contributed by atoms with E-state index in [1.165, 1.54) is 0 Å². The highest BCUT2D eigenvalue weighted by atomic mass is 35.5. The number of aromatic nitrogens is 1. The lowest BCUT2D eigenvalue weighted by Crippen LogP contribution is -2.16. The molecular weight excluding hydrogens is 253 g/mol. The third-order valence-electron chi connectivity index (χ3n) is 2.86. The minimum atomic E-state index is -4.40. The molecule has 1 aromatic heterocycles. The first-order valence-corrected chi connectivity index (χ1v) is 5.84. The van der Waals surface area contributed by atoms with E-state index < -0.39 is 11.7 Å². The topological polar surface area (TPSA) is 24.9 Å². The summed E-state index contributed by atoms with van der Waals surface area (Å²) >= 11 is 5.79. The number of rotatable bonds is 2. The number of alkyl halides is 3. The standard InChI is InChI=1S/C11H12ClF3N2/c12-9-5-7(11(13,14)15)6-16-10(9)17-8-3-1-2-4-8/h5-6,8H,1-4H2,(H,16,17). The van der Waals surface area contributed by atoms with E-state index >= 15 is 0 Å². The maximum Gasteiger partial charge on any atom is 0.417 e. The number of pyridine rings is 1. The molecule has 0 unspecified atom stereocenters. The maximum absolute atomic E-state index is 12.4. The van der Waals surface area contributed by atoms with Gasteiger partial charge in [-0.25, -0.2) is 4.98 Å². The molecule has 2 rings (SSSR count). The van der Waals surface area contributed by atoms with Gasteiger partial charge in [-0.2, -0.15) is 13.2 Å². The van der Waals surface area contributed by atoms with Crippen LogP contribution in [0.25, 0.3) is 0 Å². The SMILES string of the molecule is FC(F)(F)c1cnc(NC2CCCC2)c(Cl)c1. The number of nitrogens with one attached hydrogen (secondary N) is 1. The van der Waals surface area contributed by atoms with Crippen LogP contribution in [0.1, 0.15) is 31.2 Å². The first-order valence-electron chi connectivity index (χ1n) is 5.46. The highest BCUT2D eigenvalue weighted by Gasteiger charge is 2.31. The Morgan fingerprint density at radius 3 is 2.47 bits per heavy atom. The van der Waals surface area contributed by atoms with Crippen LogP contribution in [0, 0.1) is 0 Å². The molecule has 1 aromatic rings. The fraction of sp³-hybridized carbons (Fsp3) is 0.545. The summed E-state index contributed by atoms with van der Waals surface area (Å²) in [6.07, 6.45) is 0.704. The van der Waals surface area contributed by atoms with Gasteiger partial charge >= 0.3 is 6.18 Å². The second-order valence-electron chi connectivity index (χ2n) is 4.18. The molecule has 0 bridgehead atoms. The van der Waals surface area contributed by atoms with Crippen LogP contribution in [0.5, 0.6) is 0 Å². The molecule has 2 nitrogen and oxygen atoms in total. The minimum absolute atomic E-state index is 0.0201. The molecule has 1 saturated carbocycles. The van der Waals surface area contributed by atoms with Crippen LogP contribution < -0.4 is 5.32 Å². The summed E-state index contributed by atoms with van der Waals surface area (Å²) < 4.78 is 37.2. The first kappa shape index (κ1) is 12.5. The Kier molecular flexibility index (Phi) is 3.47. The fourth-order valence-corrected chi connectivity index (χ4v) is 2.18. The molecule has 1 fully saturated rings. The fourth-order valence-electron chi connectivity index (χ4n) is 1.96. The van der Waals surface area contributed by atoms with Crippen molar-refractivity contribution in [1.29, 1.82) is 0 Å². The first-order chi connectivity index (χ1) is 7.97. The van der Waals surface area contributed by atoms with Gasteiger partial charge in [-0.3, -0.25) is 0 Å². The Hall–Kier alpha value is -0.970. The van der Waals surface area contributed by atoms with Gasteiger partial charge in [0.1, 0.15) is 5.82 Å². The molecule has 1 heterocycles. The van der Waals surface area contributed by atoms with Crippen LogP contribution in [0.3, 0.4) is 0 Å². The van der Waals surface area contributed by atoms with E-state index in [1.54, 1.807) is 0 Å². The maximum atomic E-state index is 12.4. The monoisotopic (exact) mass is 264 g/mol. The molecule has 1 aliphatic carbocycles. The van der Waals surface area contributed by atoms with Crippen LogP contribution in [0.2, 0.25) is 5.02 Å². The van der Waals surface area contributed by atoms with E-state index in [0.29, 0.717) is 5.82 Å². The quantitative estimate of drug-likeness (QED) is 0.870. The van der Waals surface area contributed by atoms with E-state index in [0.717, 1.165) is 37.9 Å². The average molecular weight is 265 g/mol. The van der Waals surface area contributed by atoms with E-state index in [1.807, 2.05) is 0 Å². The Morgan fingerprint density at radius 2 is 1.94 bits per heavy atom. The second kappa shape index (κ2) is 4.72. The van der Waals surface area contributed by atoms with Gasteiger partial charge in [0.15, 0.2) is 0 Å². The van der Waals surface area contributed by atoms with Crippen LogP contribution in [-0.2, 0) is 6.18 Å². The van der Waals surface area contributed by atoms with Crippen molar-refractivity contribution in [3.05, 3.63) is 22.8 Å². The van der Waals surface area contributed by atoms with Gasteiger partial charge in [0, 0.05) is 12.2 Å². The predicted molar refractivity (Wildman–Crippen MR) is 60.1 cm³/mol. The van der Waals surface area contributed by atoms with E-state index in [-0.39, 0.29) is 11.1 Å². The van der Waals surface area contributed by atoms with Crippen molar-refractivity contribution >= 4 is 17.4 Å². The van der Waals surface area contributed by atoms with Gasteiger partial charge in [-0.1, -0.05) is 24.4 Å². The number of hydrogen-bond acceptors (Lipinski definition) is 2. The molecule has 0 amide bonds. The zero-order valence-electron chi connectivity index (χ0n) is 9.02. The number of nitrogens with zero attached hydrogens (tertiary/aromatic N) is 1. The molecule has 0 radical (unpaired) electrons. The summed E-state index contributed by atoms with van der Waals surface area (Å²) in [5.41, 5.74) is -0.820. The Balaban J connectivity index is 2.14. The van der Waals surface area contributed by atoms with Crippen LogP contribution in [0.4, 0.5) is 19.0 Å². The summed E-state index contributed by atoms with van der Waals surface area (Å²) in [6, 6.07) is 1.18. The normalized spacial score (nSPS) is 17.4. The van der Waals surface area contributed by atoms with Gasteiger partial charge in [-0.15, -0.1) is 0 Å². The zero-order valence-corrected chi connectivity index (χ0v) is 9.78. The number of anilines is 1. The summed E-state index contributed by atoms with van der Waals surface area (Å²) in [5.74, 6) is 0.339. The summed E-state index contributed by atoms with van der Waals surface area (Å²) in [4.78, 5) is 3.75. The van der Waals surface area contributed by atoms with Crippen molar-refractivity contribution in [2.45, 2.75) is 37.9 Å². The van der Waals surface area contributed by atoms with Crippen LogP contribution >= 0.6 is 11.6 Å². The second-order valence-corrected chi connectivity index (χ2v) is 4.59. The van der Waals surface area contributed by atoms with E-state index in [4.69, 9.17) is 11.6 Å². The van der Waals surface area contributed by atoms with Crippen LogP contribution in [-0.4, -0.2) is 11.0 Å². The van der Waals surface area contributed by atoms with Crippen molar-refractivity contribution in [2.24, 2.45) is 0 Å². The molecular formula is C11H12ClF3N2. The van der Waals surface area contributed by atoms with Crippen molar-refractivity contribution in [3.8, 4) is 0 Å². The lowest BCUT2D eigenvalue weighted by Gasteiger charge is -2.15. The van der Waals surface area contributed by atoms with Crippen molar-refractivity contribution < 1.29 is 13.2 Å². The Morgan fingerprint density at radius 1 is 1.29 bits per heavy atom. The smallest absolute Gasteiger partial charge is 0.366 e. The zero-order chi connectivity index (χ0) is 12.5. The molecule has 17 heavy (non-hydrogen) atoms. The van der Waals surface area contributed by atoms with Gasteiger partial charge in [-0.05, 0) is 18.9 Å². The minimum Gasteiger partial charge on any atom is -0.366 e. The van der Waals surface area contributed by atoms with Gasteiger partial charge in [0.05, 0.1) is 10.6 Å². The van der Waals surface area contributed by atoms with Crippen molar-refractivity contribution in [1.82, 2.24) is 4.98 Å². The Labute approximate surface area is 102 Å². The van der Waals surface area contributed by atoms with Crippen LogP contribution in [0.15, 0.2) is 12.3 Å². The Bertz CT molecular complexity index is 400. The highest BCUT2D eigenvalue weighted by molar-refractivity contribution is 6.33.